The van der Waals surface area contributed by atoms with Gasteiger partial charge in [-0.2, -0.15) is 0 Å². The molecule has 1 heterocycles. The second kappa shape index (κ2) is 7.60. The van der Waals surface area contributed by atoms with E-state index in [4.69, 9.17) is 4.74 Å². The summed E-state index contributed by atoms with van der Waals surface area (Å²) in [5.74, 6) is 0.568. The molecule has 0 bridgehead atoms. The SMILES string of the molecule is Cc1ccc(N2C(=O)CCC2C(=O)Nc2ccc(OC(C)C)cc2)cc1. The van der Waals surface area contributed by atoms with Gasteiger partial charge in [0, 0.05) is 17.8 Å². The summed E-state index contributed by atoms with van der Waals surface area (Å²) in [6.45, 7) is 5.92. The van der Waals surface area contributed by atoms with E-state index in [1.54, 1.807) is 4.90 Å². The van der Waals surface area contributed by atoms with Crippen LogP contribution in [-0.4, -0.2) is 24.0 Å². The van der Waals surface area contributed by atoms with Gasteiger partial charge in [-0.25, -0.2) is 0 Å². The quantitative estimate of drug-likeness (QED) is 0.887. The van der Waals surface area contributed by atoms with Gasteiger partial charge in [-0.05, 0) is 63.6 Å². The first-order valence-corrected chi connectivity index (χ1v) is 8.90. The third-order valence-electron chi connectivity index (χ3n) is 4.32. The lowest BCUT2D eigenvalue weighted by molar-refractivity contribution is -0.120. The van der Waals surface area contributed by atoms with Crippen molar-refractivity contribution in [2.75, 3.05) is 10.2 Å². The number of hydrogen-bond donors (Lipinski definition) is 1. The molecular formula is C21H24N2O3. The van der Waals surface area contributed by atoms with Crippen LogP contribution >= 0.6 is 0 Å². The normalized spacial score (nSPS) is 16.8. The monoisotopic (exact) mass is 352 g/mol. The number of anilines is 2. The van der Waals surface area contributed by atoms with Crippen molar-refractivity contribution >= 4 is 23.2 Å². The predicted molar refractivity (Wildman–Crippen MR) is 103 cm³/mol. The van der Waals surface area contributed by atoms with Gasteiger partial charge in [0.05, 0.1) is 6.10 Å². The molecule has 0 spiro atoms. The first-order chi connectivity index (χ1) is 12.4. The van der Waals surface area contributed by atoms with Gasteiger partial charge in [-0.3, -0.25) is 14.5 Å². The molecule has 0 aliphatic carbocycles. The summed E-state index contributed by atoms with van der Waals surface area (Å²) >= 11 is 0. The van der Waals surface area contributed by atoms with E-state index < -0.39 is 6.04 Å². The Kier molecular flexibility index (Phi) is 5.26. The van der Waals surface area contributed by atoms with Crippen molar-refractivity contribution in [3.05, 3.63) is 54.1 Å². The molecule has 3 rings (SSSR count). The number of ether oxygens (including phenoxy) is 1. The Morgan fingerprint density at radius 2 is 1.77 bits per heavy atom. The molecular weight excluding hydrogens is 328 g/mol. The average Bonchev–Trinajstić information content (AvgIpc) is 2.99. The molecule has 1 N–H and O–H groups in total. The zero-order valence-corrected chi connectivity index (χ0v) is 15.4. The molecule has 5 nitrogen and oxygen atoms in total. The van der Waals surface area contributed by atoms with Crippen LogP contribution in [0, 0.1) is 6.92 Å². The first-order valence-electron chi connectivity index (χ1n) is 8.90. The molecule has 5 heteroatoms. The number of carbonyl (C=O) groups excluding carboxylic acids is 2. The number of nitrogens with zero attached hydrogens (tertiary/aromatic N) is 1. The number of hydrogen-bond acceptors (Lipinski definition) is 3. The van der Waals surface area contributed by atoms with Crippen molar-refractivity contribution in [2.45, 2.75) is 45.8 Å². The van der Waals surface area contributed by atoms with Crippen LogP contribution in [0.25, 0.3) is 0 Å². The van der Waals surface area contributed by atoms with E-state index in [9.17, 15) is 9.59 Å². The maximum Gasteiger partial charge on any atom is 0.247 e. The summed E-state index contributed by atoms with van der Waals surface area (Å²) < 4.78 is 5.61. The molecule has 1 fully saturated rings. The second-order valence-corrected chi connectivity index (χ2v) is 6.83. The molecule has 1 aliphatic heterocycles. The highest BCUT2D eigenvalue weighted by Crippen LogP contribution is 2.28. The van der Waals surface area contributed by atoms with Crippen LogP contribution in [0.2, 0.25) is 0 Å². The van der Waals surface area contributed by atoms with Crippen molar-refractivity contribution in [1.29, 1.82) is 0 Å². The van der Waals surface area contributed by atoms with Crippen LogP contribution in [0.3, 0.4) is 0 Å². The Labute approximate surface area is 154 Å². The van der Waals surface area contributed by atoms with E-state index >= 15 is 0 Å². The predicted octanol–water partition coefficient (Wildman–Crippen LogP) is 3.92. The molecule has 1 atom stereocenters. The van der Waals surface area contributed by atoms with Gasteiger partial charge in [0.1, 0.15) is 11.8 Å². The number of nitrogens with one attached hydrogen (secondary N) is 1. The van der Waals surface area contributed by atoms with Crippen molar-refractivity contribution in [2.24, 2.45) is 0 Å². The van der Waals surface area contributed by atoms with Crippen LogP contribution < -0.4 is 15.0 Å². The molecule has 0 aromatic heterocycles. The maximum atomic E-state index is 12.7. The Bertz CT molecular complexity index is 782. The topological polar surface area (TPSA) is 58.6 Å². The second-order valence-electron chi connectivity index (χ2n) is 6.83. The van der Waals surface area contributed by atoms with Crippen molar-refractivity contribution in [3.63, 3.8) is 0 Å². The van der Waals surface area contributed by atoms with Gasteiger partial charge in [0.25, 0.3) is 0 Å². The Morgan fingerprint density at radius 1 is 1.12 bits per heavy atom. The Hall–Kier alpha value is -2.82. The van der Waals surface area contributed by atoms with Gasteiger partial charge in [-0.1, -0.05) is 17.7 Å². The van der Waals surface area contributed by atoms with Gasteiger partial charge in [0.15, 0.2) is 0 Å². The van der Waals surface area contributed by atoms with Crippen molar-refractivity contribution in [1.82, 2.24) is 0 Å². The van der Waals surface area contributed by atoms with Crippen LogP contribution in [0.4, 0.5) is 11.4 Å². The number of carbonyl (C=O) groups is 2. The van der Waals surface area contributed by atoms with Gasteiger partial charge < -0.3 is 10.1 Å². The molecule has 136 valence electrons. The molecule has 2 aromatic rings. The lowest BCUT2D eigenvalue weighted by atomic mass is 10.1. The molecule has 2 aromatic carbocycles. The zero-order valence-electron chi connectivity index (χ0n) is 15.4. The van der Waals surface area contributed by atoms with Crippen LogP contribution in [0.5, 0.6) is 5.75 Å². The lowest BCUT2D eigenvalue weighted by Crippen LogP contribution is -2.41. The summed E-state index contributed by atoms with van der Waals surface area (Å²) in [7, 11) is 0. The minimum atomic E-state index is -0.489. The minimum Gasteiger partial charge on any atom is -0.491 e. The standard InChI is InChI=1S/C21H24N2O3/c1-14(2)26-18-10-6-16(7-11-18)22-21(25)19-12-13-20(24)23(19)17-8-4-15(3)5-9-17/h4-11,14,19H,12-13H2,1-3H3,(H,22,25). The molecule has 0 saturated carbocycles. The van der Waals surface area contributed by atoms with Crippen molar-refractivity contribution in [3.8, 4) is 5.75 Å². The largest absolute Gasteiger partial charge is 0.491 e. The Balaban J connectivity index is 1.72. The van der Waals surface area contributed by atoms with E-state index in [1.807, 2.05) is 69.3 Å². The summed E-state index contributed by atoms with van der Waals surface area (Å²) in [6, 6.07) is 14.4. The fourth-order valence-corrected chi connectivity index (χ4v) is 3.08. The third-order valence-corrected chi connectivity index (χ3v) is 4.32. The molecule has 1 aliphatic rings. The molecule has 1 saturated heterocycles. The van der Waals surface area contributed by atoms with Crippen molar-refractivity contribution < 1.29 is 14.3 Å². The molecule has 0 radical (unpaired) electrons. The number of aryl methyl sites for hydroxylation is 1. The highest BCUT2D eigenvalue weighted by molar-refractivity contribution is 6.07. The summed E-state index contributed by atoms with van der Waals surface area (Å²) in [5, 5.41) is 2.91. The third kappa shape index (κ3) is 4.04. The molecule has 26 heavy (non-hydrogen) atoms. The molecule has 1 unspecified atom stereocenters. The number of amides is 2. The highest BCUT2D eigenvalue weighted by Gasteiger charge is 2.37. The average molecular weight is 352 g/mol. The first kappa shape index (κ1) is 18.0. The fraction of sp³-hybridized carbons (Fsp3) is 0.333. The highest BCUT2D eigenvalue weighted by atomic mass is 16.5. The van der Waals surface area contributed by atoms with Gasteiger partial charge in [0.2, 0.25) is 11.8 Å². The summed E-state index contributed by atoms with van der Waals surface area (Å²) in [6.07, 6.45) is 1.00. The fourth-order valence-electron chi connectivity index (χ4n) is 3.08. The summed E-state index contributed by atoms with van der Waals surface area (Å²) in [4.78, 5) is 26.6. The maximum absolute atomic E-state index is 12.7. The van der Waals surface area contributed by atoms with Crippen LogP contribution in [-0.2, 0) is 9.59 Å². The van der Waals surface area contributed by atoms with Crippen LogP contribution in [0.15, 0.2) is 48.5 Å². The number of rotatable bonds is 5. The van der Waals surface area contributed by atoms with Crippen LogP contribution in [0.1, 0.15) is 32.3 Å². The summed E-state index contributed by atoms with van der Waals surface area (Å²) in [5.41, 5.74) is 2.57. The zero-order chi connectivity index (χ0) is 18.7. The van der Waals surface area contributed by atoms with E-state index in [0.717, 1.165) is 17.0 Å². The minimum absolute atomic E-state index is 0.0188. The van der Waals surface area contributed by atoms with Gasteiger partial charge >= 0.3 is 0 Å². The number of benzene rings is 2. The van der Waals surface area contributed by atoms with E-state index in [1.165, 1.54) is 0 Å². The van der Waals surface area contributed by atoms with E-state index in [0.29, 0.717) is 18.5 Å². The lowest BCUT2D eigenvalue weighted by Gasteiger charge is -2.24. The Morgan fingerprint density at radius 3 is 2.38 bits per heavy atom. The van der Waals surface area contributed by atoms with E-state index in [-0.39, 0.29) is 17.9 Å². The van der Waals surface area contributed by atoms with E-state index in [2.05, 4.69) is 5.32 Å². The smallest absolute Gasteiger partial charge is 0.247 e. The molecule has 2 amide bonds. The van der Waals surface area contributed by atoms with Gasteiger partial charge in [-0.15, -0.1) is 0 Å².